The number of amides is 2. The number of fused-ring (bicyclic) bond motifs is 1. The second kappa shape index (κ2) is 6.23. The van der Waals surface area contributed by atoms with Gasteiger partial charge in [0.05, 0.1) is 18.3 Å². The van der Waals surface area contributed by atoms with Gasteiger partial charge in [0, 0.05) is 17.0 Å². The van der Waals surface area contributed by atoms with Crippen molar-refractivity contribution < 1.29 is 13.9 Å². The number of benzene rings is 2. The number of nitrogens with one attached hydrogen (secondary N) is 2. The molecule has 2 aromatic rings. The number of ether oxygens (including phenoxy) is 1. The molecule has 0 radical (unpaired) electrons. The molecular formula is C16H14ClFN2O2. The van der Waals surface area contributed by atoms with E-state index in [1.165, 1.54) is 18.2 Å². The normalized spacial score (nSPS) is 16.4. The standard InChI is InChI=1S/C16H14ClFN2O2/c17-10-5-6-12(18)14(9-10)20-16(21)19-13-7-8-22-15-4-2-1-3-11(13)15/h1-6,9,13H,7-8H2,(H2,19,20,21). The molecule has 22 heavy (non-hydrogen) atoms. The van der Waals surface area contributed by atoms with Crippen molar-refractivity contribution in [1.82, 2.24) is 5.32 Å². The summed E-state index contributed by atoms with van der Waals surface area (Å²) in [6.07, 6.45) is 0.655. The molecule has 1 heterocycles. The fourth-order valence-electron chi connectivity index (χ4n) is 2.40. The van der Waals surface area contributed by atoms with Crippen LogP contribution in [0.5, 0.6) is 5.75 Å². The summed E-state index contributed by atoms with van der Waals surface area (Å²) >= 11 is 5.80. The summed E-state index contributed by atoms with van der Waals surface area (Å²) in [4.78, 5) is 12.1. The van der Waals surface area contributed by atoms with E-state index in [0.717, 1.165) is 11.3 Å². The van der Waals surface area contributed by atoms with Crippen molar-refractivity contribution in [3.8, 4) is 5.75 Å². The van der Waals surface area contributed by atoms with E-state index in [-0.39, 0.29) is 11.7 Å². The third-order valence-electron chi connectivity index (χ3n) is 3.44. The first-order valence-electron chi connectivity index (χ1n) is 6.88. The average Bonchev–Trinajstić information content (AvgIpc) is 2.51. The van der Waals surface area contributed by atoms with E-state index < -0.39 is 11.8 Å². The molecule has 0 saturated carbocycles. The number of para-hydroxylation sites is 1. The molecule has 1 unspecified atom stereocenters. The van der Waals surface area contributed by atoms with Crippen LogP contribution in [0.25, 0.3) is 0 Å². The Balaban J connectivity index is 1.72. The van der Waals surface area contributed by atoms with E-state index in [0.29, 0.717) is 18.1 Å². The topological polar surface area (TPSA) is 50.4 Å². The first-order chi connectivity index (χ1) is 10.6. The van der Waals surface area contributed by atoms with Gasteiger partial charge in [-0.05, 0) is 24.3 Å². The van der Waals surface area contributed by atoms with Crippen molar-refractivity contribution in [2.45, 2.75) is 12.5 Å². The summed E-state index contributed by atoms with van der Waals surface area (Å²) in [5, 5.41) is 5.66. The highest BCUT2D eigenvalue weighted by molar-refractivity contribution is 6.30. The molecule has 1 aliphatic heterocycles. The van der Waals surface area contributed by atoms with Crippen molar-refractivity contribution in [3.05, 3.63) is 58.9 Å². The molecule has 1 atom stereocenters. The Morgan fingerprint density at radius 1 is 1.27 bits per heavy atom. The number of anilines is 1. The number of hydrogen-bond donors (Lipinski definition) is 2. The molecule has 0 aliphatic carbocycles. The summed E-state index contributed by atoms with van der Waals surface area (Å²) < 4.78 is 19.2. The van der Waals surface area contributed by atoms with Gasteiger partial charge in [0.1, 0.15) is 11.6 Å². The van der Waals surface area contributed by atoms with Gasteiger partial charge in [-0.25, -0.2) is 9.18 Å². The summed E-state index contributed by atoms with van der Waals surface area (Å²) in [6, 6.07) is 10.9. The van der Waals surface area contributed by atoms with Crippen LogP contribution < -0.4 is 15.4 Å². The minimum absolute atomic E-state index is 0.0466. The SMILES string of the molecule is O=C(Nc1cc(Cl)ccc1F)NC1CCOc2ccccc21. The molecule has 114 valence electrons. The van der Waals surface area contributed by atoms with Gasteiger partial charge in [-0.15, -0.1) is 0 Å². The Morgan fingerprint density at radius 3 is 2.95 bits per heavy atom. The van der Waals surface area contributed by atoms with Gasteiger partial charge < -0.3 is 15.4 Å². The molecule has 6 heteroatoms. The second-order valence-electron chi connectivity index (χ2n) is 4.95. The van der Waals surface area contributed by atoms with Crippen molar-refractivity contribution in [1.29, 1.82) is 0 Å². The molecule has 0 spiro atoms. The monoisotopic (exact) mass is 320 g/mol. The van der Waals surface area contributed by atoms with Gasteiger partial charge in [0.25, 0.3) is 0 Å². The van der Waals surface area contributed by atoms with Crippen LogP contribution in [0.4, 0.5) is 14.9 Å². The van der Waals surface area contributed by atoms with Crippen LogP contribution in [-0.2, 0) is 0 Å². The number of carbonyl (C=O) groups is 1. The number of rotatable bonds is 2. The largest absolute Gasteiger partial charge is 0.493 e. The zero-order chi connectivity index (χ0) is 15.5. The third-order valence-corrected chi connectivity index (χ3v) is 3.68. The molecule has 2 aromatic carbocycles. The van der Waals surface area contributed by atoms with Gasteiger partial charge in [-0.3, -0.25) is 0 Å². The predicted molar refractivity (Wildman–Crippen MR) is 82.9 cm³/mol. The van der Waals surface area contributed by atoms with E-state index >= 15 is 0 Å². The first kappa shape index (κ1) is 14.7. The lowest BCUT2D eigenvalue weighted by Crippen LogP contribution is -2.35. The Bertz CT molecular complexity index is 708. The van der Waals surface area contributed by atoms with Crippen LogP contribution in [-0.4, -0.2) is 12.6 Å². The molecule has 4 nitrogen and oxygen atoms in total. The minimum Gasteiger partial charge on any atom is -0.493 e. The fourth-order valence-corrected chi connectivity index (χ4v) is 2.57. The minimum atomic E-state index is -0.535. The van der Waals surface area contributed by atoms with Gasteiger partial charge in [-0.1, -0.05) is 29.8 Å². The van der Waals surface area contributed by atoms with Crippen LogP contribution in [0.15, 0.2) is 42.5 Å². The molecule has 3 rings (SSSR count). The maximum absolute atomic E-state index is 13.6. The van der Waals surface area contributed by atoms with E-state index in [1.54, 1.807) is 0 Å². The highest BCUT2D eigenvalue weighted by Gasteiger charge is 2.22. The number of halogens is 2. The van der Waals surface area contributed by atoms with Gasteiger partial charge in [0.15, 0.2) is 0 Å². The van der Waals surface area contributed by atoms with Crippen molar-refractivity contribution in [2.24, 2.45) is 0 Å². The summed E-state index contributed by atoms with van der Waals surface area (Å²) in [6.45, 7) is 0.521. The molecule has 0 aromatic heterocycles. The Kier molecular flexibility index (Phi) is 4.15. The van der Waals surface area contributed by atoms with Gasteiger partial charge in [-0.2, -0.15) is 0 Å². The van der Waals surface area contributed by atoms with Crippen LogP contribution in [0.3, 0.4) is 0 Å². The fraction of sp³-hybridized carbons (Fsp3) is 0.188. The third kappa shape index (κ3) is 3.14. The van der Waals surface area contributed by atoms with Gasteiger partial charge >= 0.3 is 6.03 Å². The molecule has 0 bridgehead atoms. The second-order valence-corrected chi connectivity index (χ2v) is 5.39. The van der Waals surface area contributed by atoms with E-state index in [2.05, 4.69) is 10.6 Å². The maximum atomic E-state index is 13.6. The van der Waals surface area contributed by atoms with Crippen molar-refractivity contribution in [3.63, 3.8) is 0 Å². The average molecular weight is 321 g/mol. The van der Waals surface area contributed by atoms with Crippen LogP contribution in [0.1, 0.15) is 18.0 Å². The van der Waals surface area contributed by atoms with Gasteiger partial charge in [0.2, 0.25) is 0 Å². The molecule has 0 saturated heterocycles. The lowest BCUT2D eigenvalue weighted by atomic mass is 10.0. The predicted octanol–water partition coefficient (Wildman–Crippen LogP) is 4.12. The Morgan fingerprint density at radius 2 is 2.09 bits per heavy atom. The highest BCUT2D eigenvalue weighted by atomic mass is 35.5. The highest BCUT2D eigenvalue weighted by Crippen LogP contribution is 2.31. The van der Waals surface area contributed by atoms with E-state index in [9.17, 15) is 9.18 Å². The van der Waals surface area contributed by atoms with Crippen molar-refractivity contribution in [2.75, 3.05) is 11.9 Å². The van der Waals surface area contributed by atoms with E-state index in [4.69, 9.17) is 16.3 Å². The molecule has 2 amide bonds. The first-order valence-corrected chi connectivity index (χ1v) is 7.25. The Labute approximate surface area is 132 Å². The molecule has 2 N–H and O–H groups in total. The van der Waals surface area contributed by atoms with Crippen LogP contribution in [0.2, 0.25) is 5.02 Å². The maximum Gasteiger partial charge on any atom is 0.319 e. The zero-order valence-electron chi connectivity index (χ0n) is 11.6. The smallest absolute Gasteiger partial charge is 0.319 e. The van der Waals surface area contributed by atoms with E-state index in [1.807, 2.05) is 24.3 Å². The van der Waals surface area contributed by atoms with Crippen molar-refractivity contribution >= 4 is 23.3 Å². The summed E-state index contributed by atoms with van der Waals surface area (Å²) in [7, 11) is 0. The van der Waals surface area contributed by atoms with Crippen LogP contribution in [0, 0.1) is 5.82 Å². The molecular weight excluding hydrogens is 307 g/mol. The van der Waals surface area contributed by atoms with Crippen LogP contribution >= 0.6 is 11.6 Å². The summed E-state index contributed by atoms with van der Waals surface area (Å²) in [5.74, 6) is 0.222. The number of carbonyl (C=O) groups excluding carboxylic acids is 1. The molecule has 1 aliphatic rings. The lowest BCUT2D eigenvalue weighted by molar-refractivity contribution is 0.232. The quantitative estimate of drug-likeness (QED) is 0.874. The Hall–Kier alpha value is -2.27. The number of hydrogen-bond acceptors (Lipinski definition) is 2. The summed E-state index contributed by atoms with van der Waals surface area (Å²) in [5.41, 5.74) is 0.959. The number of urea groups is 1. The lowest BCUT2D eigenvalue weighted by Gasteiger charge is -2.26. The zero-order valence-corrected chi connectivity index (χ0v) is 12.4. The molecule has 0 fully saturated rings.